The monoisotopic (exact) mass is 414 g/mol. The number of aromatic nitrogens is 2. The second kappa shape index (κ2) is 9.13. The molecule has 1 N–H and O–H groups in total. The summed E-state index contributed by atoms with van der Waals surface area (Å²) in [5.74, 6) is 1.82. The highest BCUT2D eigenvalue weighted by atomic mass is 16.5. The van der Waals surface area contributed by atoms with Crippen LogP contribution in [0.25, 0.3) is 17.1 Å². The fraction of sp³-hybridized carbons (Fsp3) is 0.125. The first kappa shape index (κ1) is 20.2. The molecular weight excluding hydrogens is 392 g/mol. The number of amides is 1. The number of carbonyl (C=O) groups is 1. The first-order chi connectivity index (χ1) is 15.1. The summed E-state index contributed by atoms with van der Waals surface area (Å²) in [6.07, 6.45) is 3.40. The lowest BCUT2D eigenvalue weighted by atomic mass is 10.2. The molecule has 7 nitrogen and oxygen atoms in total. The number of carbonyl (C=O) groups excluding carboxylic acids is 1. The number of hydrogen-bond acceptors (Lipinski definition) is 5. The second-order valence-corrected chi connectivity index (χ2v) is 6.78. The van der Waals surface area contributed by atoms with Crippen molar-refractivity contribution in [1.82, 2.24) is 15.2 Å². The third kappa shape index (κ3) is 4.72. The van der Waals surface area contributed by atoms with E-state index in [2.05, 4.69) is 15.6 Å². The number of nitrogens with one attached hydrogen (secondary N) is 1. The maximum atomic E-state index is 12.4. The molecule has 0 fully saturated rings. The number of furan rings is 1. The number of hydrogen-bond donors (Lipinski definition) is 1. The van der Waals surface area contributed by atoms with Gasteiger partial charge in [0.1, 0.15) is 17.2 Å². The standard InChI is InChI=1S/C24H22N4O3/c1-3-30-21-12-10-18(11-13-21)24(29)26-25-15-19-16-28(20-7-5-4-6-8-20)27-23(19)22-14-9-17(2)31-22/h4-16H,3H2,1-2H3,(H,26,29)/b25-15-. The van der Waals surface area contributed by atoms with Crippen molar-refractivity contribution in [3.8, 4) is 22.9 Å². The molecule has 0 unspecified atom stereocenters. The zero-order chi connectivity index (χ0) is 21.6. The molecule has 0 saturated heterocycles. The van der Waals surface area contributed by atoms with Crippen molar-refractivity contribution < 1.29 is 13.9 Å². The van der Waals surface area contributed by atoms with Gasteiger partial charge in [-0.3, -0.25) is 4.79 Å². The minimum atomic E-state index is -0.315. The van der Waals surface area contributed by atoms with Gasteiger partial charge in [-0.1, -0.05) is 18.2 Å². The minimum absolute atomic E-state index is 0.315. The van der Waals surface area contributed by atoms with Gasteiger partial charge in [-0.2, -0.15) is 10.2 Å². The van der Waals surface area contributed by atoms with Crippen LogP contribution in [0.3, 0.4) is 0 Å². The molecule has 4 rings (SSSR count). The largest absolute Gasteiger partial charge is 0.494 e. The van der Waals surface area contributed by atoms with Gasteiger partial charge in [0.25, 0.3) is 5.91 Å². The highest BCUT2D eigenvalue weighted by molar-refractivity contribution is 5.95. The maximum absolute atomic E-state index is 12.4. The fourth-order valence-electron chi connectivity index (χ4n) is 3.04. The van der Waals surface area contributed by atoms with Crippen molar-refractivity contribution in [3.05, 3.63) is 89.8 Å². The van der Waals surface area contributed by atoms with Gasteiger partial charge in [0.15, 0.2) is 5.76 Å². The summed E-state index contributed by atoms with van der Waals surface area (Å²) in [5, 5.41) is 8.78. The topological polar surface area (TPSA) is 81.6 Å². The predicted molar refractivity (Wildman–Crippen MR) is 119 cm³/mol. The Morgan fingerprint density at radius 3 is 2.58 bits per heavy atom. The molecule has 1 amide bonds. The summed E-state index contributed by atoms with van der Waals surface area (Å²) in [6, 6.07) is 20.4. The Balaban J connectivity index is 1.55. The third-order valence-corrected chi connectivity index (χ3v) is 4.53. The van der Waals surface area contributed by atoms with Crippen LogP contribution in [0.2, 0.25) is 0 Å². The molecule has 31 heavy (non-hydrogen) atoms. The van der Waals surface area contributed by atoms with Gasteiger partial charge in [-0.25, -0.2) is 10.1 Å². The van der Waals surface area contributed by atoms with Gasteiger partial charge < -0.3 is 9.15 Å². The SMILES string of the molecule is CCOc1ccc(C(=O)N/N=C\c2cn(-c3ccccc3)nc2-c2ccc(C)o2)cc1. The number of aryl methyl sites for hydroxylation is 1. The van der Waals surface area contributed by atoms with Crippen molar-refractivity contribution in [3.63, 3.8) is 0 Å². The van der Waals surface area contributed by atoms with E-state index in [1.54, 1.807) is 35.2 Å². The lowest BCUT2D eigenvalue weighted by molar-refractivity contribution is 0.0955. The van der Waals surface area contributed by atoms with E-state index in [1.165, 1.54) is 0 Å². The molecule has 4 aromatic rings. The number of rotatable bonds is 7. The predicted octanol–water partition coefficient (Wildman–Crippen LogP) is 4.60. The highest BCUT2D eigenvalue weighted by Crippen LogP contribution is 2.24. The molecule has 0 saturated carbocycles. The van der Waals surface area contributed by atoms with Crippen molar-refractivity contribution in [1.29, 1.82) is 0 Å². The van der Waals surface area contributed by atoms with Gasteiger partial charge in [-0.15, -0.1) is 0 Å². The number of ether oxygens (including phenoxy) is 1. The molecule has 0 aliphatic heterocycles. The summed E-state index contributed by atoms with van der Waals surface area (Å²) >= 11 is 0. The molecule has 0 aliphatic carbocycles. The zero-order valence-corrected chi connectivity index (χ0v) is 17.3. The quantitative estimate of drug-likeness (QED) is 0.354. The van der Waals surface area contributed by atoms with E-state index in [4.69, 9.17) is 9.15 Å². The Hall–Kier alpha value is -4.13. The van der Waals surface area contributed by atoms with Crippen LogP contribution in [-0.4, -0.2) is 28.5 Å². The Morgan fingerprint density at radius 2 is 1.90 bits per heavy atom. The first-order valence-electron chi connectivity index (χ1n) is 9.92. The number of nitrogens with zero attached hydrogens (tertiary/aromatic N) is 3. The summed E-state index contributed by atoms with van der Waals surface area (Å²) in [6.45, 7) is 4.36. The molecule has 7 heteroatoms. The Labute approximate surface area is 180 Å². The Kier molecular flexibility index (Phi) is 5.93. The fourth-order valence-corrected chi connectivity index (χ4v) is 3.04. The van der Waals surface area contributed by atoms with E-state index in [9.17, 15) is 4.79 Å². The second-order valence-electron chi connectivity index (χ2n) is 6.78. The number of hydrazone groups is 1. The molecule has 156 valence electrons. The first-order valence-corrected chi connectivity index (χ1v) is 9.92. The van der Waals surface area contributed by atoms with E-state index < -0.39 is 0 Å². The molecule has 2 aromatic carbocycles. The van der Waals surface area contributed by atoms with Crippen molar-refractivity contribution in [2.45, 2.75) is 13.8 Å². The normalized spacial score (nSPS) is 11.0. The van der Waals surface area contributed by atoms with Crippen LogP contribution < -0.4 is 10.2 Å². The van der Waals surface area contributed by atoms with E-state index in [1.807, 2.05) is 62.5 Å². The van der Waals surface area contributed by atoms with Crippen LogP contribution in [0.4, 0.5) is 0 Å². The van der Waals surface area contributed by atoms with Crippen LogP contribution in [0.1, 0.15) is 28.6 Å². The highest BCUT2D eigenvalue weighted by Gasteiger charge is 2.14. The molecular formula is C24H22N4O3. The maximum Gasteiger partial charge on any atom is 0.271 e. The van der Waals surface area contributed by atoms with Crippen LogP contribution in [0.15, 0.2) is 82.4 Å². The van der Waals surface area contributed by atoms with Gasteiger partial charge >= 0.3 is 0 Å². The van der Waals surface area contributed by atoms with Crippen LogP contribution in [0, 0.1) is 6.92 Å². The molecule has 0 atom stereocenters. The zero-order valence-electron chi connectivity index (χ0n) is 17.3. The molecule has 0 radical (unpaired) electrons. The number of para-hydroxylation sites is 1. The van der Waals surface area contributed by atoms with Gasteiger partial charge in [0.2, 0.25) is 0 Å². The summed E-state index contributed by atoms with van der Waals surface area (Å²) in [7, 11) is 0. The van der Waals surface area contributed by atoms with Gasteiger partial charge in [0.05, 0.1) is 18.5 Å². The molecule has 0 bridgehead atoms. The minimum Gasteiger partial charge on any atom is -0.494 e. The number of benzene rings is 2. The van der Waals surface area contributed by atoms with Crippen molar-refractivity contribution in [2.24, 2.45) is 5.10 Å². The summed E-state index contributed by atoms with van der Waals surface area (Å²) < 4.78 is 12.9. The van der Waals surface area contributed by atoms with E-state index in [0.717, 1.165) is 11.4 Å². The van der Waals surface area contributed by atoms with Crippen LogP contribution >= 0.6 is 0 Å². The van der Waals surface area contributed by atoms with Crippen molar-refractivity contribution in [2.75, 3.05) is 6.61 Å². The summed E-state index contributed by atoms with van der Waals surface area (Å²) in [5.41, 5.74) is 5.30. The average Bonchev–Trinajstić information content (AvgIpc) is 3.41. The van der Waals surface area contributed by atoms with Gasteiger partial charge in [0, 0.05) is 17.3 Å². The van der Waals surface area contributed by atoms with Crippen LogP contribution in [-0.2, 0) is 0 Å². The average molecular weight is 414 g/mol. The third-order valence-electron chi connectivity index (χ3n) is 4.53. The molecule has 2 heterocycles. The van der Waals surface area contributed by atoms with Crippen LogP contribution in [0.5, 0.6) is 5.75 Å². The van der Waals surface area contributed by atoms with E-state index in [-0.39, 0.29) is 5.91 Å². The van der Waals surface area contributed by atoms with Gasteiger partial charge in [-0.05, 0) is 62.4 Å². The lowest BCUT2D eigenvalue weighted by Crippen LogP contribution is -2.17. The van der Waals surface area contributed by atoms with E-state index in [0.29, 0.717) is 34.9 Å². The molecule has 2 aromatic heterocycles. The summed E-state index contributed by atoms with van der Waals surface area (Å²) in [4.78, 5) is 12.4. The van der Waals surface area contributed by atoms with E-state index >= 15 is 0 Å². The van der Waals surface area contributed by atoms with Crippen molar-refractivity contribution >= 4 is 12.1 Å². The molecule has 0 aliphatic rings. The smallest absolute Gasteiger partial charge is 0.271 e. The Morgan fingerprint density at radius 1 is 1.13 bits per heavy atom. The lowest BCUT2D eigenvalue weighted by Gasteiger charge is -2.03. The molecule has 0 spiro atoms. The Bertz CT molecular complexity index is 1190.